The fourth-order valence-electron chi connectivity index (χ4n) is 0.633. The largest absolute Gasteiger partial charge is 0.501 e. The maximum absolute atomic E-state index is 10.9. The van der Waals surface area contributed by atoms with Crippen molar-refractivity contribution in [1.82, 2.24) is 0 Å². The Balaban J connectivity index is 4.26. The zero-order chi connectivity index (χ0) is 10.3. The molecule has 0 bridgehead atoms. The molecule has 0 aliphatic rings. The quantitative estimate of drug-likeness (QED) is 0.360. The van der Waals surface area contributed by atoms with E-state index >= 15 is 0 Å². The molecule has 6 nitrogen and oxygen atoms in total. The van der Waals surface area contributed by atoms with Gasteiger partial charge in [0.1, 0.15) is 4.98 Å². The van der Waals surface area contributed by atoms with Crippen molar-refractivity contribution >= 4 is 11.9 Å². The molecule has 0 rings (SSSR count). The van der Waals surface area contributed by atoms with E-state index in [1.165, 1.54) is 0 Å². The molecule has 0 N–H and O–H groups in total. The summed E-state index contributed by atoms with van der Waals surface area (Å²) in [5, 5.41) is 8.34. The van der Waals surface area contributed by atoms with E-state index in [0.29, 0.717) is 0 Å². The molecule has 0 saturated heterocycles. The summed E-state index contributed by atoms with van der Waals surface area (Å²) in [4.78, 5) is 24.4. The average molecular weight is 187 g/mol. The molecular weight excluding hydrogens is 176 g/mol. The summed E-state index contributed by atoms with van der Waals surface area (Å²) in [6.45, 7) is 3.39. The highest BCUT2D eigenvalue weighted by Gasteiger charge is 2.42. The van der Waals surface area contributed by atoms with Crippen LogP contribution in [0.25, 0.3) is 4.98 Å². The maximum Gasteiger partial charge on any atom is 0.501 e. The van der Waals surface area contributed by atoms with Gasteiger partial charge in [0.15, 0.2) is 0 Å². The highest BCUT2D eigenvalue weighted by molar-refractivity contribution is 6.01. The van der Waals surface area contributed by atoms with E-state index in [4.69, 9.17) is 5.39 Å². The molecule has 0 fully saturated rings. The van der Waals surface area contributed by atoms with Gasteiger partial charge in [-0.15, -0.1) is 0 Å². The van der Waals surface area contributed by atoms with Gasteiger partial charge < -0.3 is 9.47 Å². The summed E-state index contributed by atoms with van der Waals surface area (Å²) < 4.78 is 8.94. The van der Waals surface area contributed by atoms with Crippen LogP contribution in [-0.4, -0.2) is 31.2 Å². The lowest BCUT2D eigenvalue weighted by atomic mass is 10.3. The third-order valence-corrected chi connectivity index (χ3v) is 1.14. The lowest BCUT2D eigenvalue weighted by molar-refractivity contribution is -0.154. The Bertz CT molecular complexity index is 215. The van der Waals surface area contributed by atoms with Gasteiger partial charge in [0.25, 0.3) is 0 Å². The van der Waals surface area contributed by atoms with Crippen LogP contribution in [0.5, 0.6) is 0 Å². The summed E-state index contributed by atoms with van der Waals surface area (Å²) in [5.41, 5.74) is 0. The Morgan fingerprint density at radius 2 is 1.62 bits per heavy atom. The summed E-state index contributed by atoms with van der Waals surface area (Å²) in [5.74, 6) is -1.83. The van der Waals surface area contributed by atoms with Crippen LogP contribution in [0.2, 0.25) is 0 Å². The molecule has 0 amide bonds. The second-order valence-electron chi connectivity index (χ2n) is 2.02. The summed E-state index contributed by atoms with van der Waals surface area (Å²) in [7, 11) is 0. The van der Waals surface area contributed by atoms with E-state index in [2.05, 4.69) is 14.4 Å². The Hall–Kier alpha value is -1.64. The minimum absolute atomic E-state index is 0.115. The fourth-order valence-corrected chi connectivity index (χ4v) is 0.633. The number of ether oxygens (including phenoxy) is 2. The Morgan fingerprint density at radius 1 is 1.23 bits per heavy atom. The monoisotopic (exact) mass is 187 g/mol. The standard InChI is InChI=1S/C7H11N2O4/c1-3-12-6(10)5(9-8)7(11)13-4-2/h5H,3-4H2,1-2H3/q+1. The Kier molecular flexibility index (Phi) is 5.19. The predicted octanol–water partition coefficient (Wildman–Crippen LogP) is 0.334. The first-order valence-corrected chi connectivity index (χ1v) is 3.84. The van der Waals surface area contributed by atoms with Crippen LogP contribution in [0.15, 0.2) is 0 Å². The van der Waals surface area contributed by atoms with Gasteiger partial charge in [-0.05, 0) is 13.8 Å². The van der Waals surface area contributed by atoms with Gasteiger partial charge in [-0.1, -0.05) is 0 Å². The number of esters is 2. The molecule has 0 aliphatic carbocycles. The van der Waals surface area contributed by atoms with Crippen LogP contribution in [-0.2, 0) is 19.1 Å². The van der Waals surface area contributed by atoms with Crippen molar-refractivity contribution in [2.75, 3.05) is 13.2 Å². The molecule has 0 aromatic rings. The molecule has 0 radical (unpaired) electrons. The Labute approximate surface area is 75.4 Å². The van der Waals surface area contributed by atoms with Gasteiger partial charge >= 0.3 is 18.0 Å². The minimum Gasteiger partial charge on any atom is -0.460 e. The first kappa shape index (κ1) is 11.4. The number of carbonyl (C=O) groups excluding carboxylic acids is 2. The van der Waals surface area contributed by atoms with Crippen molar-refractivity contribution in [1.29, 1.82) is 5.39 Å². The number of nitrogens with zero attached hydrogens (tertiary/aromatic N) is 2. The van der Waals surface area contributed by atoms with Gasteiger partial charge in [0.05, 0.1) is 13.2 Å². The number of diazo groups is 1. The van der Waals surface area contributed by atoms with Gasteiger partial charge in [-0.2, -0.15) is 0 Å². The summed E-state index contributed by atoms with van der Waals surface area (Å²) in [6.07, 6.45) is 0. The number of hydrogen-bond donors (Lipinski definition) is 0. The van der Waals surface area contributed by atoms with E-state index in [1.54, 1.807) is 13.8 Å². The zero-order valence-electron chi connectivity index (χ0n) is 7.52. The summed E-state index contributed by atoms with van der Waals surface area (Å²) >= 11 is 0. The van der Waals surface area contributed by atoms with Crippen LogP contribution >= 0.6 is 0 Å². The van der Waals surface area contributed by atoms with Crippen LogP contribution in [0.4, 0.5) is 0 Å². The smallest absolute Gasteiger partial charge is 0.460 e. The highest BCUT2D eigenvalue weighted by Crippen LogP contribution is 1.98. The van der Waals surface area contributed by atoms with Gasteiger partial charge in [0.2, 0.25) is 5.39 Å². The van der Waals surface area contributed by atoms with E-state index in [9.17, 15) is 9.59 Å². The van der Waals surface area contributed by atoms with Crippen molar-refractivity contribution in [3.8, 4) is 0 Å². The van der Waals surface area contributed by atoms with Crippen LogP contribution in [0.1, 0.15) is 13.8 Å². The van der Waals surface area contributed by atoms with Crippen molar-refractivity contribution < 1.29 is 19.1 Å². The third-order valence-electron chi connectivity index (χ3n) is 1.14. The average Bonchev–Trinajstić information content (AvgIpc) is 2.06. The first-order chi connectivity index (χ1) is 6.17. The number of carbonyl (C=O) groups is 2. The van der Waals surface area contributed by atoms with Gasteiger partial charge in [0, 0.05) is 0 Å². The molecule has 0 aliphatic heterocycles. The van der Waals surface area contributed by atoms with Crippen LogP contribution in [0, 0.1) is 5.39 Å². The predicted molar refractivity (Wildman–Crippen MR) is 42.1 cm³/mol. The molecule has 0 atom stereocenters. The molecule has 13 heavy (non-hydrogen) atoms. The molecule has 6 heteroatoms. The highest BCUT2D eigenvalue weighted by atomic mass is 16.6. The molecule has 0 aromatic heterocycles. The Morgan fingerprint density at radius 3 is 1.85 bits per heavy atom. The van der Waals surface area contributed by atoms with Gasteiger partial charge in [-0.3, -0.25) is 0 Å². The summed E-state index contributed by atoms with van der Waals surface area (Å²) in [6, 6.07) is -1.58. The first-order valence-electron chi connectivity index (χ1n) is 3.84. The lowest BCUT2D eigenvalue weighted by Crippen LogP contribution is -2.30. The minimum atomic E-state index is -1.58. The van der Waals surface area contributed by atoms with Crippen molar-refractivity contribution in [2.45, 2.75) is 19.9 Å². The van der Waals surface area contributed by atoms with Crippen LogP contribution in [0.3, 0.4) is 0 Å². The maximum atomic E-state index is 10.9. The van der Waals surface area contributed by atoms with Crippen molar-refractivity contribution in [2.24, 2.45) is 0 Å². The molecular formula is C7H11N2O4+. The molecule has 0 unspecified atom stereocenters. The topological polar surface area (TPSA) is 80.8 Å². The van der Waals surface area contributed by atoms with E-state index < -0.39 is 18.0 Å². The lowest BCUT2D eigenvalue weighted by Gasteiger charge is -1.99. The van der Waals surface area contributed by atoms with Gasteiger partial charge in [-0.25, -0.2) is 9.59 Å². The van der Waals surface area contributed by atoms with Crippen molar-refractivity contribution in [3.05, 3.63) is 4.98 Å². The fraction of sp³-hybridized carbons (Fsp3) is 0.714. The van der Waals surface area contributed by atoms with Crippen molar-refractivity contribution in [3.63, 3.8) is 0 Å². The normalized spacial score (nSPS) is 9.08. The van der Waals surface area contributed by atoms with E-state index in [0.717, 1.165) is 0 Å². The second-order valence-corrected chi connectivity index (χ2v) is 2.02. The number of hydrogen-bond acceptors (Lipinski definition) is 5. The third kappa shape index (κ3) is 3.51. The number of rotatable bonds is 4. The van der Waals surface area contributed by atoms with Crippen LogP contribution < -0.4 is 0 Å². The van der Waals surface area contributed by atoms with E-state index in [-0.39, 0.29) is 13.2 Å². The molecule has 0 heterocycles. The van der Waals surface area contributed by atoms with E-state index in [1.807, 2.05) is 0 Å². The SMILES string of the molecule is CCOC(=O)C([N+]#N)C(=O)OCC. The molecule has 0 spiro atoms. The molecule has 72 valence electrons. The molecule has 0 aromatic carbocycles. The zero-order valence-corrected chi connectivity index (χ0v) is 7.52. The second kappa shape index (κ2) is 5.94. The molecule has 0 saturated carbocycles.